The molecule has 0 spiro atoms. The average Bonchev–Trinajstić information content (AvgIpc) is 1.38. The Morgan fingerprint density at radius 2 is 2.20 bits per heavy atom. The first-order chi connectivity index (χ1) is 2.27. The number of rotatable bonds is 1. The summed E-state index contributed by atoms with van der Waals surface area (Å²) in [4.78, 5) is 0. The Bertz CT molecular complexity index is 21.6. The van der Waals surface area contributed by atoms with E-state index in [-0.39, 0.29) is 0 Å². The molecule has 5 heavy (non-hydrogen) atoms. The van der Waals surface area contributed by atoms with Crippen LogP contribution in [0.1, 0.15) is 6.92 Å². The normalized spacial score (nSPS) is 15.0. The average molecular weight is 268 g/mol. The summed E-state index contributed by atoms with van der Waals surface area (Å²) in [6.45, 7) is 1.59. The van der Waals surface area contributed by atoms with Crippen LogP contribution in [-0.2, 0) is 2.69 Å². The van der Waals surface area contributed by atoms with Gasteiger partial charge in [-0.3, -0.25) is 0 Å². The first-order valence-electron chi connectivity index (χ1n) is 1.28. The van der Waals surface area contributed by atoms with Crippen molar-refractivity contribution >= 4 is 26.2 Å². The van der Waals surface area contributed by atoms with Crippen LogP contribution in [0.15, 0.2) is 0 Å². The van der Waals surface area contributed by atoms with Crippen molar-refractivity contribution in [2.24, 2.45) is 0 Å². The Hall–Kier alpha value is 0.842. The molecule has 2 nitrogen and oxygen atoms in total. The summed E-state index contributed by atoms with van der Waals surface area (Å²) in [5, 5.41) is 8.17. The monoisotopic (exact) mass is 269 g/mol. The number of hydrogen-bond acceptors (Lipinski definition) is 2. The van der Waals surface area contributed by atoms with Crippen LogP contribution in [-0.4, -0.2) is 37.6 Å². The summed E-state index contributed by atoms with van der Waals surface area (Å²) in [5.41, 5.74) is 0. The molecule has 0 amide bonds. The molecule has 0 aromatic heterocycles. The van der Waals surface area contributed by atoms with Gasteiger partial charge in [-0.2, -0.15) is 0 Å². The summed E-state index contributed by atoms with van der Waals surface area (Å²) in [5.74, 6) is 0. The first-order valence-corrected chi connectivity index (χ1v) is 2.86. The van der Waals surface area contributed by atoms with Crippen molar-refractivity contribution in [2.75, 3.05) is 0 Å². The van der Waals surface area contributed by atoms with E-state index in [4.69, 9.17) is 5.11 Å². The molecule has 29 valence electrons. The predicted molar refractivity (Wildman–Crippen MR) is 18.5 cm³/mol. The van der Waals surface area contributed by atoms with Crippen LogP contribution in [0, 0.1) is 0 Å². The Balaban J connectivity index is 2.54. The summed E-state index contributed by atoms with van der Waals surface area (Å²) in [6, 6.07) is 0. The summed E-state index contributed by atoms with van der Waals surface area (Å²) in [7, 11) is 0. The molecule has 0 heterocycles. The second-order valence-electron chi connectivity index (χ2n) is 0.717. The van der Waals surface area contributed by atoms with Gasteiger partial charge in [-0.1, -0.05) is 0 Å². The van der Waals surface area contributed by atoms with Crippen molar-refractivity contribution in [3.63, 3.8) is 0 Å². The number of aliphatic hydroxyl groups is 1. The van der Waals surface area contributed by atoms with Crippen LogP contribution in [0.2, 0.25) is 0 Å². The second kappa shape index (κ2) is 3.05. The third-order valence-electron chi connectivity index (χ3n) is 0.171. The molecule has 0 saturated carbocycles. The summed E-state index contributed by atoms with van der Waals surface area (Å²) < 4.78 is 4.44. The molecule has 0 fully saturated rings. The van der Waals surface area contributed by atoms with Gasteiger partial charge in [-0.15, -0.1) is 0 Å². The van der Waals surface area contributed by atoms with E-state index in [2.05, 4.69) is 2.69 Å². The van der Waals surface area contributed by atoms with E-state index in [1.165, 1.54) is 0 Å². The fourth-order valence-corrected chi connectivity index (χ4v) is 0. The molecule has 1 atom stereocenters. The van der Waals surface area contributed by atoms with Crippen LogP contribution < -0.4 is 0 Å². The molecule has 0 aliphatic carbocycles. The molecule has 0 aliphatic rings. The van der Waals surface area contributed by atoms with E-state index in [9.17, 15) is 0 Å². The zero-order valence-electron chi connectivity index (χ0n) is 2.93. The molecule has 0 aliphatic heterocycles. The summed E-state index contributed by atoms with van der Waals surface area (Å²) in [6.07, 6.45) is -0.554. The van der Waals surface area contributed by atoms with Gasteiger partial charge in [0.15, 0.2) is 0 Å². The molecule has 1 N–H and O–H groups in total. The molecule has 0 aromatic carbocycles. The SMILES string of the molecule is CC(O)[O][Pb]. The van der Waals surface area contributed by atoms with Gasteiger partial charge in [-0.25, -0.2) is 0 Å². The number of aliphatic hydroxyl groups excluding tert-OH is 1. The van der Waals surface area contributed by atoms with Crippen LogP contribution in [0.4, 0.5) is 0 Å². The quantitative estimate of drug-likeness (QED) is 0.509. The topological polar surface area (TPSA) is 29.5 Å². The van der Waals surface area contributed by atoms with E-state index >= 15 is 0 Å². The maximum absolute atomic E-state index is 8.17. The van der Waals surface area contributed by atoms with Gasteiger partial charge in [-0.05, 0) is 0 Å². The predicted octanol–water partition coefficient (Wildman–Crippen LogP) is -0.575. The van der Waals surface area contributed by atoms with E-state index in [1.807, 2.05) is 0 Å². The van der Waals surface area contributed by atoms with Gasteiger partial charge in [0.05, 0.1) is 0 Å². The molecule has 0 bridgehead atoms. The van der Waals surface area contributed by atoms with Gasteiger partial charge in [0.25, 0.3) is 0 Å². The van der Waals surface area contributed by atoms with Crippen LogP contribution in [0.25, 0.3) is 0 Å². The molecule has 0 aromatic rings. The third kappa shape index (κ3) is 4.84. The molecule has 0 rings (SSSR count). The van der Waals surface area contributed by atoms with E-state index in [0.717, 1.165) is 0 Å². The van der Waals surface area contributed by atoms with Gasteiger partial charge >= 0.3 is 47.2 Å². The van der Waals surface area contributed by atoms with Gasteiger partial charge in [0.2, 0.25) is 0 Å². The van der Waals surface area contributed by atoms with Gasteiger partial charge < -0.3 is 0 Å². The molecule has 1 unspecified atom stereocenters. The standard InChI is InChI=1S/C2H5O2.Pb/c1-2(3)4;/h2-3H,1H3;/q-1;+1. The number of hydrogen-bond donors (Lipinski definition) is 1. The summed E-state index contributed by atoms with van der Waals surface area (Å²) >= 11 is 0.623. The second-order valence-corrected chi connectivity index (χ2v) is 1.63. The fourth-order valence-electron chi connectivity index (χ4n) is 0. The zero-order chi connectivity index (χ0) is 4.28. The van der Waals surface area contributed by atoms with E-state index in [1.54, 1.807) is 6.92 Å². The zero-order valence-corrected chi connectivity index (χ0v) is 6.82. The Labute approximate surface area is 47.5 Å². The molecule has 3 heteroatoms. The first kappa shape index (κ1) is 5.84. The Kier molecular flexibility index (Phi) is 3.56. The van der Waals surface area contributed by atoms with Crippen molar-refractivity contribution in [3.8, 4) is 0 Å². The fraction of sp³-hybridized carbons (Fsp3) is 1.00. The van der Waals surface area contributed by atoms with Crippen LogP contribution in [0.3, 0.4) is 0 Å². The third-order valence-corrected chi connectivity index (χ3v) is 1.50. The molecular formula is C2H5O2Pb. The Morgan fingerprint density at radius 1 is 2.00 bits per heavy atom. The van der Waals surface area contributed by atoms with Crippen molar-refractivity contribution < 1.29 is 7.79 Å². The van der Waals surface area contributed by atoms with Crippen molar-refractivity contribution in [3.05, 3.63) is 0 Å². The Morgan fingerprint density at radius 3 is 2.20 bits per heavy atom. The minimum absolute atomic E-state index is 0.554. The molecule has 3 radical (unpaired) electrons. The molecular weight excluding hydrogens is 263 g/mol. The van der Waals surface area contributed by atoms with Crippen molar-refractivity contribution in [2.45, 2.75) is 13.2 Å². The van der Waals surface area contributed by atoms with Crippen molar-refractivity contribution in [1.82, 2.24) is 0 Å². The van der Waals surface area contributed by atoms with Crippen molar-refractivity contribution in [1.29, 1.82) is 0 Å². The molecule has 0 saturated heterocycles. The van der Waals surface area contributed by atoms with Gasteiger partial charge in [0, 0.05) is 0 Å². The maximum atomic E-state index is 8.17. The van der Waals surface area contributed by atoms with E-state index < -0.39 is 6.29 Å². The van der Waals surface area contributed by atoms with Gasteiger partial charge in [0.1, 0.15) is 0 Å². The minimum atomic E-state index is -0.554. The van der Waals surface area contributed by atoms with Crippen LogP contribution >= 0.6 is 0 Å². The van der Waals surface area contributed by atoms with Crippen LogP contribution in [0.5, 0.6) is 0 Å². The van der Waals surface area contributed by atoms with E-state index in [0.29, 0.717) is 26.2 Å².